The Labute approximate surface area is 182 Å². The average Bonchev–Trinajstić information content (AvgIpc) is 2.79. The van der Waals surface area contributed by atoms with Crippen LogP contribution in [0.25, 0.3) is 23.1 Å². The van der Waals surface area contributed by atoms with Gasteiger partial charge in [-0.05, 0) is 43.7 Å². The van der Waals surface area contributed by atoms with Gasteiger partial charge in [0.05, 0.1) is 5.56 Å². The number of nitrogens with zero attached hydrogens (tertiary/aromatic N) is 2. The van der Waals surface area contributed by atoms with Crippen LogP contribution in [-0.2, 0) is 16.1 Å². The molecule has 162 valence electrons. The lowest BCUT2D eigenvalue weighted by atomic mass is 10.1. The molecule has 0 fully saturated rings. The number of carbonyl (C=O) groups excluding carboxylic acids is 1. The van der Waals surface area contributed by atoms with E-state index in [9.17, 15) is 9.59 Å². The number of carbonyl (C=O) groups is 1. The maximum Gasteiger partial charge on any atom is 0.343 e. The van der Waals surface area contributed by atoms with Crippen LogP contribution < -0.4 is 15.1 Å². The van der Waals surface area contributed by atoms with Crippen LogP contribution in [-0.4, -0.2) is 25.7 Å². The van der Waals surface area contributed by atoms with E-state index in [4.69, 9.17) is 9.15 Å². The van der Waals surface area contributed by atoms with Crippen molar-refractivity contribution in [3.05, 3.63) is 70.3 Å². The largest absolute Gasteiger partial charge is 0.459 e. The lowest BCUT2D eigenvalue weighted by Gasteiger charge is -2.20. The van der Waals surface area contributed by atoms with Gasteiger partial charge in [-0.25, -0.2) is 9.36 Å². The van der Waals surface area contributed by atoms with Crippen molar-refractivity contribution in [3.8, 4) is 0 Å². The molecule has 1 aromatic carbocycles. The van der Waals surface area contributed by atoms with Crippen LogP contribution in [0.3, 0.4) is 0 Å². The van der Waals surface area contributed by atoms with Crippen molar-refractivity contribution in [1.29, 1.82) is 0 Å². The van der Waals surface area contributed by atoms with Crippen molar-refractivity contribution in [1.82, 2.24) is 0 Å². The van der Waals surface area contributed by atoms with Crippen LogP contribution in [0.1, 0.15) is 38.3 Å². The topological polar surface area (TPSA) is 63.6 Å². The normalized spacial score (nSPS) is 11.2. The molecule has 31 heavy (non-hydrogen) atoms. The van der Waals surface area contributed by atoms with Gasteiger partial charge in [-0.2, -0.15) is 0 Å². The number of esters is 1. The average molecular weight is 422 g/mol. The smallest absolute Gasteiger partial charge is 0.343 e. The zero-order chi connectivity index (χ0) is 22.2. The number of rotatable bonds is 9. The van der Waals surface area contributed by atoms with E-state index >= 15 is 0 Å². The van der Waals surface area contributed by atoms with Gasteiger partial charge < -0.3 is 14.1 Å². The van der Waals surface area contributed by atoms with Crippen LogP contribution in [0, 0.1) is 0 Å². The third-order valence-corrected chi connectivity index (χ3v) is 5.15. The second-order valence-corrected chi connectivity index (χ2v) is 7.16. The van der Waals surface area contributed by atoms with Crippen LogP contribution >= 0.6 is 0 Å². The Hall–Kier alpha value is -3.41. The SMILES string of the molecule is CCC(=O)OCC[n+]1ccc(/C=C/c2cc3ccc(N(CC)CC)cc3oc2=O)cc1. The number of anilines is 1. The van der Waals surface area contributed by atoms with E-state index < -0.39 is 0 Å². The van der Waals surface area contributed by atoms with Crippen molar-refractivity contribution in [2.24, 2.45) is 0 Å². The summed E-state index contributed by atoms with van der Waals surface area (Å²) in [6.45, 7) is 8.71. The quantitative estimate of drug-likeness (QED) is 0.296. The fraction of sp³-hybridized carbons (Fsp3) is 0.320. The van der Waals surface area contributed by atoms with E-state index in [1.165, 1.54) is 0 Å². The summed E-state index contributed by atoms with van der Waals surface area (Å²) in [5.41, 5.74) is 2.75. The molecule has 3 rings (SSSR count). The van der Waals surface area contributed by atoms with Crippen LogP contribution in [0.15, 0.2) is 58.0 Å². The predicted octanol–water partition coefficient (Wildman–Crippen LogP) is 4.05. The fourth-order valence-electron chi connectivity index (χ4n) is 3.30. The Bertz CT molecular complexity index is 1110. The summed E-state index contributed by atoms with van der Waals surface area (Å²) in [5.74, 6) is -0.196. The van der Waals surface area contributed by atoms with Gasteiger partial charge in [0.15, 0.2) is 25.5 Å². The molecular formula is C25H29N2O4+. The number of hydrogen-bond donors (Lipinski definition) is 0. The highest BCUT2D eigenvalue weighted by Gasteiger charge is 2.08. The zero-order valence-corrected chi connectivity index (χ0v) is 18.3. The summed E-state index contributed by atoms with van der Waals surface area (Å²) in [6, 6.07) is 11.7. The highest BCUT2D eigenvalue weighted by Crippen LogP contribution is 2.22. The summed E-state index contributed by atoms with van der Waals surface area (Å²) in [5, 5.41) is 0.891. The first-order valence-corrected chi connectivity index (χ1v) is 10.7. The first-order chi connectivity index (χ1) is 15.0. The van der Waals surface area contributed by atoms with Crippen molar-refractivity contribution in [2.75, 3.05) is 24.6 Å². The first-order valence-electron chi connectivity index (χ1n) is 10.7. The van der Waals surface area contributed by atoms with Crippen molar-refractivity contribution in [2.45, 2.75) is 33.7 Å². The Morgan fingerprint density at radius 1 is 1.06 bits per heavy atom. The van der Waals surface area contributed by atoms with Crippen LogP contribution in [0.4, 0.5) is 5.69 Å². The molecule has 0 saturated heterocycles. The van der Waals surface area contributed by atoms with Gasteiger partial charge in [-0.1, -0.05) is 13.0 Å². The molecule has 0 amide bonds. The molecule has 0 radical (unpaired) electrons. The van der Waals surface area contributed by atoms with E-state index in [2.05, 4.69) is 24.8 Å². The second kappa shape index (κ2) is 10.6. The first kappa shape index (κ1) is 22.3. The Morgan fingerprint density at radius 3 is 2.48 bits per heavy atom. The van der Waals surface area contributed by atoms with E-state index in [-0.39, 0.29) is 11.6 Å². The summed E-state index contributed by atoms with van der Waals surface area (Å²) >= 11 is 0. The number of benzene rings is 1. The molecule has 0 aliphatic rings. The summed E-state index contributed by atoms with van der Waals surface area (Å²) < 4.78 is 12.6. The minimum Gasteiger partial charge on any atom is -0.459 e. The molecule has 0 saturated carbocycles. The molecule has 0 aliphatic heterocycles. The van der Waals surface area contributed by atoms with Gasteiger partial charge in [0.1, 0.15) is 5.58 Å². The van der Waals surface area contributed by atoms with Crippen molar-refractivity contribution >= 4 is 34.8 Å². The lowest BCUT2D eigenvalue weighted by Crippen LogP contribution is -2.35. The van der Waals surface area contributed by atoms with Gasteiger partial charge in [0.25, 0.3) is 0 Å². The summed E-state index contributed by atoms with van der Waals surface area (Å²) in [7, 11) is 0. The standard InChI is InChI=1S/C25H29N2O4/c1-4-24(28)30-16-15-26-13-11-19(12-14-26)7-8-21-17-20-9-10-22(27(5-2)6-3)18-23(20)31-25(21)29/h7-14,17-18H,4-6,15-16H2,1-3H3/q+1. The Balaban J connectivity index is 1.72. The highest BCUT2D eigenvalue weighted by atomic mass is 16.5. The Morgan fingerprint density at radius 2 is 1.81 bits per heavy atom. The maximum absolute atomic E-state index is 12.4. The molecule has 0 bridgehead atoms. The van der Waals surface area contributed by atoms with Gasteiger partial charge in [0.2, 0.25) is 0 Å². The maximum atomic E-state index is 12.4. The molecule has 6 heteroatoms. The van der Waals surface area contributed by atoms with Crippen molar-refractivity contribution in [3.63, 3.8) is 0 Å². The molecular weight excluding hydrogens is 392 g/mol. The molecule has 0 spiro atoms. The number of ether oxygens (including phenoxy) is 1. The third kappa shape index (κ3) is 5.81. The molecule has 2 heterocycles. The number of pyridine rings is 1. The minimum absolute atomic E-state index is 0.196. The summed E-state index contributed by atoms with van der Waals surface area (Å²) in [6.07, 6.45) is 7.86. The van der Waals surface area contributed by atoms with E-state index in [1.807, 2.05) is 53.4 Å². The number of fused-ring (bicyclic) bond motifs is 1. The van der Waals surface area contributed by atoms with Gasteiger partial charge >= 0.3 is 11.6 Å². The van der Waals surface area contributed by atoms with E-state index in [0.29, 0.717) is 30.7 Å². The summed E-state index contributed by atoms with van der Waals surface area (Å²) in [4.78, 5) is 25.8. The lowest BCUT2D eigenvalue weighted by molar-refractivity contribution is -0.697. The molecule has 0 unspecified atom stereocenters. The monoisotopic (exact) mass is 421 g/mol. The van der Waals surface area contributed by atoms with E-state index in [0.717, 1.165) is 29.7 Å². The van der Waals surface area contributed by atoms with Crippen molar-refractivity contribution < 1.29 is 18.5 Å². The van der Waals surface area contributed by atoms with Gasteiger partial charge in [-0.3, -0.25) is 4.79 Å². The number of hydrogen-bond acceptors (Lipinski definition) is 5. The number of aromatic nitrogens is 1. The third-order valence-electron chi connectivity index (χ3n) is 5.15. The Kier molecular flexibility index (Phi) is 7.60. The fourth-order valence-corrected chi connectivity index (χ4v) is 3.30. The zero-order valence-electron chi connectivity index (χ0n) is 18.3. The molecule has 2 aromatic heterocycles. The van der Waals surface area contributed by atoms with E-state index in [1.54, 1.807) is 13.0 Å². The molecule has 0 atom stereocenters. The highest BCUT2D eigenvalue weighted by molar-refractivity contribution is 5.83. The molecule has 6 nitrogen and oxygen atoms in total. The second-order valence-electron chi connectivity index (χ2n) is 7.16. The molecule has 0 aliphatic carbocycles. The molecule has 0 N–H and O–H groups in total. The minimum atomic E-state index is -0.357. The van der Waals surface area contributed by atoms with Gasteiger partial charge in [0, 0.05) is 48.8 Å². The molecule has 3 aromatic rings. The van der Waals surface area contributed by atoms with Crippen LogP contribution in [0.5, 0.6) is 0 Å². The predicted molar refractivity (Wildman–Crippen MR) is 123 cm³/mol. The van der Waals surface area contributed by atoms with Gasteiger partial charge in [-0.15, -0.1) is 0 Å². The van der Waals surface area contributed by atoms with Crippen LogP contribution in [0.2, 0.25) is 0 Å².